The molecule has 0 saturated heterocycles. The van der Waals surface area contributed by atoms with E-state index in [1.807, 2.05) is 30.3 Å². The predicted octanol–water partition coefficient (Wildman–Crippen LogP) is 4.52. The van der Waals surface area contributed by atoms with Crippen molar-refractivity contribution in [3.05, 3.63) is 89.7 Å². The number of hydrogen-bond acceptors (Lipinski definition) is 4. The number of rotatable bonds is 6. The van der Waals surface area contributed by atoms with Gasteiger partial charge < -0.3 is 10.6 Å². The monoisotopic (exact) mass is 437 g/mol. The van der Waals surface area contributed by atoms with Crippen LogP contribution in [0.1, 0.15) is 18.1 Å². The van der Waals surface area contributed by atoms with Gasteiger partial charge in [-0.15, -0.1) is 0 Å². The maximum atomic E-state index is 13.4. The van der Waals surface area contributed by atoms with E-state index in [4.69, 9.17) is 0 Å². The molecule has 0 atom stereocenters. The minimum atomic E-state index is -3.47. The van der Waals surface area contributed by atoms with E-state index in [1.54, 1.807) is 37.3 Å². The van der Waals surface area contributed by atoms with Gasteiger partial charge in [-0.25, -0.2) is 12.8 Å². The Morgan fingerprint density at radius 1 is 0.968 bits per heavy atom. The van der Waals surface area contributed by atoms with Crippen LogP contribution in [-0.4, -0.2) is 20.1 Å². The van der Waals surface area contributed by atoms with Crippen LogP contribution >= 0.6 is 0 Å². The number of fused-ring (bicyclic) bond motifs is 1. The molecule has 4 rings (SSSR count). The normalized spacial score (nSPS) is 14.6. The van der Waals surface area contributed by atoms with Crippen molar-refractivity contribution in [3.8, 4) is 0 Å². The molecule has 0 spiro atoms. The maximum absolute atomic E-state index is 13.4. The molecule has 0 saturated carbocycles. The Morgan fingerprint density at radius 3 is 2.32 bits per heavy atom. The summed E-state index contributed by atoms with van der Waals surface area (Å²) < 4.78 is 39.9. The van der Waals surface area contributed by atoms with E-state index in [-0.39, 0.29) is 17.5 Å². The van der Waals surface area contributed by atoms with Crippen LogP contribution in [0.4, 0.5) is 21.5 Å². The summed E-state index contributed by atoms with van der Waals surface area (Å²) in [6, 6.07) is 20.0. The summed E-state index contributed by atoms with van der Waals surface area (Å²) in [5.74, 6) is -0.749. The molecule has 1 amide bonds. The van der Waals surface area contributed by atoms with E-state index in [1.165, 1.54) is 12.1 Å². The van der Waals surface area contributed by atoms with Crippen LogP contribution < -0.4 is 15.4 Å². The first-order valence-electron chi connectivity index (χ1n) is 9.65. The van der Waals surface area contributed by atoms with Crippen molar-refractivity contribution in [3.63, 3.8) is 0 Å². The van der Waals surface area contributed by atoms with Crippen molar-refractivity contribution in [1.29, 1.82) is 0 Å². The Morgan fingerprint density at radius 2 is 1.65 bits per heavy atom. The number of carbonyl (C=O) groups is 1. The van der Waals surface area contributed by atoms with E-state index in [0.717, 1.165) is 5.56 Å². The zero-order chi connectivity index (χ0) is 22.0. The number of carbonyl (C=O) groups excluding carboxylic acids is 1. The number of sulfonamides is 1. The Bertz CT molecular complexity index is 1270. The van der Waals surface area contributed by atoms with Crippen molar-refractivity contribution in [2.24, 2.45) is 0 Å². The van der Waals surface area contributed by atoms with Gasteiger partial charge in [0.2, 0.25) is 10.0 Å². The lowest BCUT2D eigenvalue weighted by Gasteiger charge is -2.15. The van der Waals surface area contributed by atoms with Crippen molar-refractivity contribution in [2.45, 2.75) is 6.92 Å². The van der Waals surface area contributed by atoms with Gasteiger partial charge in [-0.3, -0.25) is 9.52 Å². The number of halogens is 1. The van der Waals surface area contributed by atoms with Gasteiger partial charge in [0.25, 0.3) is 5.91 Å². The van der Waals surface area contributed by atoms with E-state index < -0.39 is 10.0 Å². The van der Waals surface area contributed by atoms with Crippen molar-refractivity contribution >= 4 is 44.3 Å². The van der Waals surface area contributed by atoms with Crippen LogP contribution in [0.2, 0.25) is 0 Å². The minimum absolute atomic E-state index is 0.0641. The van der Waals surface area contributed by atoms with Crippen LogP contribution in [0.3, 0.4) is 0 Å². The van der Waals surface area contributed by atoms with Gasteiger partial charge in [0.05, 0.1) is 17.0 Å². The molecule has 31 heavy (non-hydrogen) atoms. The SMILES string of the molecule is CCS(=O)(=O)Nc1ccc2c(c1)/C(=C(\Nc1ccc(F)cc1)c1ccccc1)C(=O)N2. The highest BCUT2D eigenvalue weighted by molar-refractivity contribution is 7.92. The minimum Gasteiger partial charge on any atom is -0.354 e. The molecule has 0 bridgehead atoms. The first-order chi connectivity index (χ1) is 14.9. The maximum Gasteiger partial charge on any atom is 0.258 e. The highest BCUT2D eigenvalue weighted by atomic mass is 32.2. The summed E-state index contributed by atoms with van der Waals surface area (Å²) in [4.78, 5) is 12.9. The summed E-state index contributed by atoms with van der Waals surface area (Å²) in [5, 5.41) is 6.05. The Labute approximate surface area is 179 Å². The second kappa shape index (κ2) is 8.23. The largest absolute Gasteiger partial charge is 0.354 e. The molecule has 0 fully saturated rings. The molecule has 6 nitrogen and oxygen atoms in total. The van der Waals surface area contributed by atoms with E-state index >= 15 is 0 Å². The van der Waals surface area contributed by atoms with Crippen molar-refractivity contribution < 1.29 is 17.6 Å². The van der Waals surface area contributed by atoms with Gasteiger partial charge >= 0.3 is 0 Å². The molecule has 3 aromatic carbocycles. The van der Waals surface area contributed by atoms with Gasteiger partial charge in [-0.2, -0.15) is 0 Å². The van der Waals surface area contributed by atoms with Crippen LogP contribution in [0.5, 0.6) is 0 Å². The molecule has 1 heterocycles. The first kappa shape index (κ1) is 20.6. The van der Waals surface area contributed by atoms with Crippen LogP contribution in [-0.2, 0) is 14.8 Å². The first-order valence-corrected chi connectivity index (χ1v) is 11.3. The average Bonchev–Trinajstić information content (AvgIpc) is 3.08. The Hall–Kier alpha value is -3.65. The molecule has 1 aliphatic heterocycles. The van der Waals surface area contributed by atoms with Gasteiger partial charge in [-0.05, 0) is 55.0 Å². The quantitative estimate of drug-likeness (QED) is 0.495. The third-order valence-corrected chi connectivity index (χ3v) is 6.15. The summed E-state index contributed by atoms with van der Waals surface area (Å²) in [6.07, 6.45) is 0. The van der Waals surface area contributed by atoms with Gasteiger partial charge in [0, 0.05) is 22.6 Å². The molecule has 8 heteroatoms. The molecule has 158 valence electrons. The topological polar surface area (TPSA) is 87.3 Å². The van der Waals surface area contributed by atoms with Crippen LogP contribution in [0, 0.1) is 5.82 Å². The summed E-state index contributed by atoms with van der Waals surface area (Å²) in [5.41, 5.74) is 3.76. The second-order valence-corrected chi connectivity index (χ2v) is 8.98. The Kier molecular flexibility index (Phi) is 5.48. The second-order valence-electron chi connectivity index (χ2n) is 6.97. The lowest BCUT2D eigenvalue weighted by molar-refractivity contribution is -0.110. The molecule has 0 aromatic heterocycles. The van der Waals surface area contributed by atoms with Crippen molar-refractivity contribution in [1.82, 2.24) is 0 Å². The fourth-order valence-corrected chi connectivity index (χ4v) is 3.92. The van der Waals surface area contributed by atoms with Gasteiger partial charge in [-0.1, -0.05) is 30.3 Å². The third kappa shape index (κ3) is 4.44. The highest BCUT2D eigenvalue weighted by Crippen LogP contribution is 2.39. The fraction of sp³-hybridized carbons (Fsp3) is 0.0870. The van der Waals surface area contributed by atoms with E-state index in [2.05, 4.69) is 15.4 Å². The number of benzene rings is 3. The number of hydrogen-bond donors (Lipinski definition) is 3. The predicted molar refractivity (Wildman–Crippen MR) is 121 cm³/mol. The number of nitrogens with one attached hydrogen (secondary N) is 3. The number of anilines is 3. The molecular weight excluding hydrogens is 417 g/mol. The van der Waals surface area contributed by atoms with E-state index in [0.29, 0.717) is 33.9 Å². The van der Waals surface area contributed by atoms with Crippen LogP contribution in [0.15, 0.2) is 72.8 Å². The third-order valence-electron chi connectivity index (χ3n) is 4.84. The lowest BCUT2D eigenvalue weighted by Crippen LogP contribution is -2.14. The summed E-state index contributed by atoms with van der Waals surface area (Å²) >= 11 is 0. The molecule has 0 aliphatic carbocycles. The van der Waals surface area contributed by atoms with Gasteiger partial charge in [0.1, 0.15) is 5.82 Å². The van der Waals surface area contributed by atoms with E-state index in [9.17, 15) is 17.6 Å². The zero-order valence-corrected chi connectivity index (χ0v) is 17.5. The standard InChI is InChI=1S/C23H20FN3O3S/c1-2-31(29,30)27-18-12-13-20-19(14-18)21(23(28)26-20)22(15-6-4-3-5-7-15)25-17-10-8-16(24)9-11-17/h3-14,25,27H,2H2,1H3,(H,26,28)/b22-21+. The fourth-order valence-electron chi connectivity index (χ4n) is 3.29. The number of amides is 1. The summed E-state index contributed by atoms with van der Waals surface area (Å²) in [6.45, 7) is 1.55. The molecular formula is C23H20FN3O3S. The zero-order valence-electron chi connectivity index (χ0n) is 16.6. The average molecular weight is 437 g/mol. The summed E-state index contributed by atoms with van der Waals surface area (Å²) in [7, 11) is -3.47. The molecule has 1 aliphatic rings. The smallest absolute Gasteiger partial charge is 0.258 e. The van der Waals surface area contributed by atoms with Crippen molar-refractivity contribution in [2.75, 3.05) is 21.1 Å². The molecule has 0 radical (unpaired) electrons. The lowest BCUT2D eigenvalue weighted by atomic mass is 9.99. The highest BCUT2D eigenvalue weighted by Gasteiger charge is 2.29. The molecule has 3 N–H and O–H groups in total. The van der Waals surface area contributed by atoms with Gasteiger partial charge in [0.15, 0.2) is 0 Å². The Balaban J connectivity index is 1.86. The molecule has 3 aromatic rings. The van der Waals surface area contributed by atoms with Crippen LogP contribution in [0.25, 0.3) is 11.3 Å². The molecule has 0 unspecified atom stereocenters.